The minimum atomic E-state index is -3.52. The maximum absolute atomic E-state index is 12.3. The first-order chi connectivity index (χ1) is 13.3. The molecule has 1 aliphatic carbocycles. The highest BCUT2D eigenvalue weighted by Gasteiger charge is 2.27. The van der Waals surface area contributed by atoms with Crippen molar-refractivity contribution in [1.29, 1.82) is 0 Å². The lowest BCUT2D eigenvalue weighted by Crippen LogP contribution is -2.26. The minimum Gasteiger partial charge on any atom is -0.348 e. The number of benzene rings is 2. The number of rotatable bonds is 7. The topological polar surface area (TPSA) is 95.6 Å². The zero-order valence-corrected chi connectivity index (χ0v) is 16.6. The summed E-state index contributed by atoms with van der Waals surface area (Å²) in [5.74, 6) is -0.380. The van der Waals surface area contributed by atoms with Gasteiger partial charge in [-0.15, -0.1) is 0 Å². The molecule has 0 radical (unpaired) electrons. The Kier molecular flexibility index (Phi) is 5.81. The normalized spacial score (nSPS) is 13.8. The summed E-state index contributed by atoms with van der Waals surface area (Å²) in [4.78, 5) is 25.8. The Balaban J connectivity index is 1.58. The molecule has 28 heavy (non-hydrogen) atoms. The monoisotopic (exact) mass is 401 g/mol. The Morgan fingerprint density at radius 2 is 1.54 bits per heavy atom. The quantitative estimate of drug-likeness (QED) is 0.739. The molecule has 7 nitrogen and oxygen atoms in total. The molecule has 0 heterocycles. The van der Waals surface area contributed by atoms with Gasteiger partial charge in [0.05, 0.1) is 4.90 Å². The zero-order valence-electron chi connectivity index (χ0n) is 15.8. The summed E-state index contributed by atoms with van der Waals surface area (Å²) in [5.41, 5.74) is 1.82. The third-order valence-corrected chi connectivity index (χ3v) is 5.92. The molecule has 2 aromatic rings. The van der Waals surface area contributed by atoms with E-state index in [0.717, 1.165) is 18.4 Å². The molecular weight excluding hydrogens is 378 g/mol. The Bertz CT molecular complexity index is 964. The van der Waals surface area contributed by atoms with Crippen LogP contribution in [0.4, 0.5) is 0 Å². The highest BCUT2D eigenvalue weighted by molar-refractivity contribution is 7.89. The van der Waals surface area contributed by atoms with Crippen molar-refractivity contribution in [3.63, 3.8) is 0 Å². The van der Waals surface area contributed by atoms with Gasteiger partial charge < -0.3 is 10.2 Å². The maximum atomic E-state index is 12.3. The number of sulfonamides is 1. The lowest BCUT2D eigenvalue weighted by atomic mass is 10.1. The second-order valence-electron chi connectivity index (χ2n) is 7.00. The maximum Gasteiger partial charge on any atom is 0.253 e. The third-order valence-electron chi connectivity index (χ3n) is 4.39. The average molecular weight is 401 g/mol. The SMILES string of the molecule is CN(C)C(=O)c1ccc(CNC(=O)c2ccc(S(=O)(=O)NC3CC3)cc2)cc1. The van der Waals surface area contributed by atoms with Crippen molar-refractivity contribution >= 4 is 21.8 Å². The van der Waals surface area contributed by atoms with Gasteiger partial charge in [-0.3, -0.25) is 9.59 Å². The van der Waals surface area contributed by atoms with E-state index in [1.165, 1.54) is 29.2 Å². The highest BCUT2D eigenvalue weighted by Crippen LogP contribution is 2.22. The van der Waals surface area contributed by atoms with Crippen molar-refractivity contribution in [3.8, 4) is 0 Å². The number of amides is 2. The Hall–Kier alpha value is -2.71. The number of hydrogen-bond donors (Lipinski definition) is 2. The van der Waals surface area contributed by atoms with E-state index >= 15 is 0 Å². The van der Waals surface area contributed by atoms with Crippen molar-refractivity contribution in [1.82, 2.24) is 14.9 Å². The van der Waals surface area contributed by atoms with E-state index in [2.05, 4.69) is 10.0 Å². The molecule has 2 amide bonds. The predicted octanol–water partition coefficient (Wildman–Crippen LogP) is 1.76. The van der Waals surface area contributed by atoms with Crippen LogP contribution in [-0.2, 0) is 16.6 Å². The molecule has 0 aliphatic heterocycles. The van der Waals surface area contributed by atoms with E-state index in [1.54, 1.807) is 38.4 Å². The van der Waals surface area contributed by atoms with Crippen LogP contribution in [0.25, 0.3) is 0 Å². The van der Waals surface area contributed by atoms with Crippen LogP contribution in [0.1, 0.15) is 39.1 Å². The first-order valence-electron chi connectivity index (χ1n) is 8.97. The molecule has 2 aromatic carbocycles. The molecule has 0 saturated heterocycles. The molecule has 1 aliphatic rings. The first-order valence-corrected chi connectivity index (χ1v) is 10.5. The fraction of sp³-hybridized carbons (Fsp3) is 0.300. The van der Waals surface area contributed by atoms with E-state index in [4.69, 9.17) is 0 Å². The van der Waals surface area contributed by atoms with Gasteiger partial charge in [0, 0.05) is 37.8 Å². The third kappa shape index (κ3) is 4.96. The summed E-state index contributed by atoms with van der Waals surface area (Å²) in [5, 5.41) is 2.79. The first kappa shape index (κ1) is 20.0. The molecule has 1 saturated carbocycles. The summed E-state index contributed by atoms with van der Waals surface area (Å²) in [6, 6.07) is 12.9. The molecule has 0 unspecified atom stereocenters. The van der Waals surface area contributed by atoms with Crippen LogP contribution in [-0.4, -0.2) is 45.3 Å². The summed E-state index contributed by atoms with van der Waals surface area (Å²) < 4.78 is 26.9. The molecule has 0 spiro atoms. The van der Waals surface area contributed by atoms with Gasteiger partial charge in [-0.25, -0.2) is 13.1 Å². The van der Waals surface area contributed by atoms with E-state index in [0.29, 0.717) is 17.7 Å². The van der Waals surface area contributed by atoms with Gasteiger partial charge in [0.2, 0.25) is 10.0 Å². The highest BCUT2D eigenvalue weighted by atomic mass is 32.2. The predicted molar refractivity (Wildman–Crippen MR) is 105 cm³/mol. The average Bonchev–Trinajstić information content (AvgIpc) is 3.49. The standard InChI is InChI=1S/C20H23N3O4S/c1-23(2)20(25)16-5-3-14(4-6-16)13-21-19(24)15-7-11-18(12-8-15)28(26,27)22-17-9-10-17/h3-8,11-12,17,22H,9-10,13H2,1-2H3,(H,21,24). The van der Waals surface area contributed by atoms with Crippen molar-refractivity contribution in [2.75, 3.05) is 14.1 Å². The molecule has 0 bridgehead atoms. The fourth-order valence-corrected chi connectivity index (χ4v) is 3.89. The van der Waals surface area contributed by atoms with Crippen molar-refractivity contribution < 1.29 is 18.0 Å². The lowest BCUT2D eigenvalue weighted by molar-refractivity contribution is 0.0827. The van der Waals surface area contributed by atoms with E-state index in [1.807, 2.05) is 0 Å². The summed E-state index contributed by atoms with van der Waals surface area (Å²) >= 11 is 0. The molecular formula is C20H23N3O4S. The van der Waals surface area contributed by atoms with Gasteiger partial charge in [0.25, 0.3) is 11.8 Å². The van der Waals surface area contributed by atoms with Crippen LogP contribution >= 0.6 is 0 Å². The van der Waals surface area contributed by atoms with Crippen molar-refractivity contribution in [3.05, 3.63) is 65.2 Å². The molecule has 1 fully saturated rings. The molecule has 148 valence electrons. The molecule has 0 aromatic heterocycles. The number of carbonyl (C=O) groups is 2. The van der Waals surface area contributed by atoms with Crippen molar-refractivity contribution in [2.24, 2.45) is 0 Å². The van der Waals surface area contributed by atoms with Gasteiger partial charge in [0.15, 0.2) is 0 Å². The van der Waals surface area contributed by atoms with E-state index < -0.39 is 10.0 Å². The van der Waals surface area contributed by atoms with E-state index in [-0.39, 0.29) is 22.8 Å². The minimum absolute atomic E-state index is 0.0346. The van der Waals surface area contributed by atoms with E-state index in [9.17, 15) is 18.0 Å². The van der Waals surface area contributed by atoms with Gasteiger partial charge in [-0.05, 0) is 54.8 Å². The number of nitrogens with one attached hydrogen (secondary N) is 2. The van der Waals surface area contributed by atoms with Gasteiger partial charge in [-0.2, -0.15) is 0 Å². The second kappa shape index (κ2) is 8.12. The van der Waals surface area contributed by atoms with Gasteiger partial charge in [0.1, 0.15) is 0 Å². The summed E-state index contributed by atoms with van der Waals surface area (Å²) in [6.07, 6.45) is 1.73. The van der Waals surface area contributed by atoms with Crippen LogP contribution in [0.3, 0.4) is 0 Å². The summed E-state index contributed by atoms with van der Waals surface area (Å²) in [7, 11) is -0.146. The van der Waals surface area contributed by atoms with Gasteiger partial charge in [-0.1, -0.05) is 12.1 Å². The number of carbonyl (C=O) groups excluding carboxylic acids is 2. The number of hydrogen-bond acceptors (Lipinski definition) is 4. The molecule has 2 N–H and O–H groups in total. The Labute approximate surface area is 164 Å². The lowest BCUT2D eigenvalue weighted by Gasteiger charge is -2.11. The second-order valence-corrected chi connectivity index (χ2v) is 8.71. The molecule has 0 atom stereocenters. The zero-order chi connectivity index (χ0) is 20.3. The van der Waals surface area contributed by atoms with Crippen LogP contribution in [0.15, 0.2) is 53.4 Å². The smallest absolute Gasteiger partial charge is 0.253 e. The Morgan fingerprint density at radius 3 is 2.07 bits per heavy atom. The van der Waals surface area contributed by atoms with Crippen LogP contribution in [0.5, 0.6) is 0 Å². The fourth-order valence-electron chi connectivity index (χ4n) is 2.58. The van der Waals surface area contributed by atoms with Crippen molar-refractivity contribution in [2.45, 2.75) is 30.3 Å². The molecule has 8 heteroatoms. The largest absolute Gasteiger partial charge is 0.348 e. The van der Waals surface area contributed by atoms with Crippen LogP contribution in [0.2, 0.25) is 0 Å². The number of nitrogens with zero attached hydrogens (tertiary/aromatic N) is 1. The Morgan fingerprint density at radius 1 is 0.964 bits per heavy atom. The van der Waals surface area contributed by atoms with Crippen LogP contribution in [0, 0.1) is 0 Å². The summed E-state index contributed by atoms with van der Waals surface area (Å²) in [6.45, 7) is 0.304. The molecule has 3 rings (SSSR count). The van der Waals surface area contributed by atoms with Crippen LogP contribution < -0.4 is 10.0 Å². The van der Waals surface area contributed by atoms with Gasteiger partial charge >= 0.3 is 0 Å².